The predicted molar refractivity (Wildman–Crippen MR) is 184 cm³/mol. The van der Waals surface area contributed by atoms with Crippen LogP contribution in [0.25, 0.3) is 6.08 Å². The van der Waals surface area contributed by atoms with Gasteiger partial charge < -0.3 is 24.1 Å². The number of aliphatic hydroxyl groups excluding tert-OH is 1. The largest absolute Gasteiger partial charge is 0.497 e. The van der Waals surface area contributed by atoms with E-state index in [4.69, 9.17) is 18.9 Å². The van der Waals surface area contributed by atoms with E-state index in [2.05, 4.69) is 36.1 Å². The Labute approximate surface area is 275 Å². The molecule has 1 saturated heterocycles. The van der Waals surface area contributed by atoms with Crippen molar-refractivity contribution >= 4 is 14.1 Å². The highest BCUT2D eigenvalue weighted by Gasteiger charge is 2.42. The summed E-state index contributed by atoms with van der Waals surface area (Å²) in [5, 5.41) is 11.2. The molecule has 9 nitrogen and oxygen atoms in total. The van der Waals surface area contributed by atoms with Gasteiger partial charge in [0.2, 0.25) is 0 Å². The van der Waals surface area contributed by atoms with Crippen LogP contribution in [0.2, 0.25) is 19.6 Å². The van der Waals surface area contributed by atoms with Crippen LogP contribution < -0.4 is 20.7 Å². The summed E-state index contributed by atoms with van der Waals surface area (Å²) >= 11 is 0. The van der Waals surface area contributed by atoms with E-state index in [0.29, 0.717) is 11.5 Å². The molecule has 0 saturated carbocycles. The molecule has 0 radical (unpaired) electrons. The first-order valence-electron chi connectivity index (χ1n) is 15.4. The zero-order chi connectivity index (χ0) is 33.6. The number of allylic oxidation sites excluding steroid dienone is 1. The molecule has 0 amide bonds. The molecule has 2 heterocycles. The lowest BCUT2D eigenvalue weighted by atomic mass is 9.80. The maximum absolute atomic E-state index is 12.9. The second-order valence-electron chi connectivity index (χ2n) is 12.4. The van der Waals surface area contributed by atoms with Crippen molar-refractivity contribution in [3.8, 4) is 23.0 Å². The average molecular weight is 653 g/mol. The molecule has 0 spiro atoms. The topological polar surface area (TPSA) is 112 Å². The van der Waals surface area contributed by atoms with E-state index in [-0.39, 0.29) is 18.6 Å². The fourth-order valence-corrected chi connectivity index (χ4v) is 6.06. The molecule has 0 aliphatic carbocycles. The zero-order valence-electron chi connectivity index (χ0n) is 27.2. The number of benzene rings is 3. The number of nitrogens with one attached hydrogen (secondary N) is 1. The van der Waals surface area contributed by atoms with Gasteiger partial charge in [0.1, 0.15) is 37.5 Å². The number of aromatic amines is 1. The van der Waals surface area contributed by atoms with Gasteiger partial charge in [0.25, 0.3) is 5.56 Å². The predicted octanol–water partition coefficient (Wildman–Crippen LogP) is 5.10. The van der Waals surface area contributed by atoms with Gasteiger partial charge in [-0.05, 0) is 53.1 Å². The minimum absolute atomic E-state index is 0.0121. The summed E-state index contributed by atoms with van der Waals surface area (Å²) in [7, 11) is 1.65. The van der Waals surface area contributed by atoms with Crippen molar-refractivity contribution < 1.29 is 24.1 Å². The Morgan fingerprint density at radius 1 is 0.936 bits per heavy atom. The van der Waals surface area contributed by atoms with E-state index in [1.807, 2.05) is 78.9 Å². The Morgan fingerprint density at radius 2 is 1.51 bits per heavy atom. The fourth-order valence-electron chi connectivity index (χ4n) is 5.54. The van der Waals surface area contributed by atoms with E-state index in [0.717, 1.165) is 16.7 Å². The first-order chi connectivity index (χ1) is 22.5. The molecule has 1 aliphatic heterocycles. The molecule has 5 rings (SSSR count). The normalized spacial score (nSPS) is 18.1. The van der Waals surface area contributed by atoms with Crippen molar-refractivity contribution in [2.24, 2.45) is 0 Å². The molecule has 3 aromatic carbocycles. The van der Waals surface area contributed by atoms with Crippen LogP contribution in [-0.2, 0) is 15.1 Å². The van der Waals surface area contributed by atoms with Crippen molar-refractivity contribution in [3.63, 3.8) is 0 Å². The van der Waals surface area contributed by atoms with Crippen LogP contribution in [0.15, 0.2) is 101 Å². The lowest BCUT2D eigenvalue weighted by molar-refractivity contribution is -0.0944. The SMILES string of the molecule is COc1ccc(C(OC[C@H]2O[C@@H](n3cc(C=CC#C[Si](C)(C)C)c(=O)[nH]c3=O)C[C@@H]2O)(c2ccccc2)c2ccc(OC)cc2)cc1. The summed E-state index contributed by atoms with van der Waals surface area (Å²) in [5.74, 6) is 4.39. The minimum atomic E-state index is -1.59. The monoisotopic (exact) mass is 652 g/mol. The Hall–Kier alpha value is -4.66. The molecule has 1 aromatic heterocycles. The molecule has 244 valence electrons. The molecule has 2 N–H and O–H groups in total. The lowest BCUT2D eigenvalue weighted by Gasteiger charge is -2.37. The summed E-state index contributed by atoms with van der Waals surface area (Å²) in [6.45, 7) is 6.37. The summed E-state index contributed by atoms with van der Waals surface area (Å²) in [4.78, 5) is 27.8. The Morgan fingerprint density at radius 3 is 2.06 bits per heavy atom. The van der Waals surface area contributed by atoms with Gasteiger partial charge in [-0.1, -0.05) is 80.2 Å². The number of H-pyrrole nitrogens is 1. The molecular weight excluding hydrogens is 613 g/mol. The van der Waals surface area contributed by atoms with Gasteiger partial charge in [-0.15, -0.1) is 5.54 Å². The van der Waals surface area contributed by atoms with Crippen LogP contribution in [0.4, 0.5) is 0 Å². The van der Waals surface area contributed by atoms with E-state index < -0.39 is 43.4 Å². The van der Waals surface area contributed by atoms with Gasteiger partial charge in [0.15, 0.2) is 0 Å². The first kappa shape index (κ1) is 33.7. The molecule has 47 heavy (non-hydrogen) atoms. The second-order valence-corrected chi connectivity index (χ2v) is 17.1. The van der Waals surface area contributed by atoms with Crippen molar-refractivity contribution in [2.75, 3.05) is 20.8 Å². The van der Waals surface area contributed by atoms with Gasteiger partial charge in [-0.3, -0.25) is 14.3 Å². The van der Waals surface area contributed by atoms with Gasteiger partial charge in [-0.25, -0.2) is 4.79 Å². The number of methoxy groups -OCH3 is 2. The lowest BCUT2D eigenvalue weighted by Crippen LogP contribution is -2.38. The van der Waals surface area contributed by atoms with Crippen molar-refractivity contribution in [2.45, 2.75) is 50.1 Å². The maximum Gasteiger partial charge on any atom is 0.330 e. The van der Waals surface area contributed by atoms with Crippen LogP contribution in [-0.4, -0.2) is 55.8 Å². The number of ether oxygens (including phenoxy) is 4. The Bertz CT molecular complexity index is 1820. The third-order valence-corrected chi connectivity index (χ3v) is 8.83. The van der Waals surface area contributed by atoms with E-state index in [9.17, 15) is 14.7 Å². The van der Waals surface area contributed by atoms with Crippen LogP contribution in [0, 0.1) is 11.5 Å². The second kappa shape index (κ2) is 14.4. The summed E-state index contributed by atoms with van der Waals surface area (Å²) in [6.07, 6.45) is 2.21. The average Bonchev–Trinajstić information content (AvgIpc) is 3.44. The maximum atomic E-state index is 12.9. The van der Waals surface area contributed by atoms with Crippen LogP contribution in [0.5, 0.6) is 11.5 Å². The fraction of sp³-hybridized carbons (Fsp3) is 0.297. The number of nitrogens with zero attached hydrogens (tertiary/aromatic N) is 1. The molecule has 0 unspecified atom stereocenters. The standard InChI is InChI=1S/C37H40N2O7Si/c1-43-30-18-14-28(15-19-30)37(27-12-7-6-8-13-27,29-16-20-31(44-2)21-17-29)45-25-33-32(40)23-34(46-33)39-24-26(35(41)38-36(39)42)11-9-10-22-47(3,4)5/h6-9,11-21,24,32-34,40H,23,25H2,1-5H3,(H,38,41,42)/t32-,33+,34+/m0/s1. The third-order valence-electron chi connectivity index (χ3n) is 7.94. The van der Waals surface area contributed by atoms with Crippen molar-refractivity contribution in [3.05, 3.63) is 134 Å². The molecule has 3 atom stereocenters. The number of aliphatic hydroxyl groups is 1. The highest BCUT2D eigenvalue weighted by Crippen LogP contribution is 2.42. The van der Waals surface area contributed by atoms with Crippen molar-refractivity contribution in [1.82, 2.24) is 9.55 Å². The minimum Gasteiger partial charge on any atom is -0.497 e. The highest BCUT2D eigenvalue weighted by atomic mass is 28.3. The zero-order valence-corrected chi connectivity index (χ0v) is 28.2. The van der Waals surface area contributed by atoms with Gasteiger partial charge >= 0.3 is 5.69 Å². The highest BCUT2D eigenvalue weighted by molar-refractivity contribution is 6.83. The Balaban J connectivity index is 1.47. The summed E-state index contributed by atoms with van der Waals surface area (Å²) in [6, 6.07) is 25.1. The molecule has 1 aliphatic rings. The Kier molecular flexibility index (Phi) is 10.3. The summed E-state index contributed by atoms with van der Waals surface area (Å²) in [5.41, 5.74) is 3.75. The first-order valence-corrected chi connectivity index (χ1v) is 18.9. The van der Waals surface area contributed by atoms with E-state index in [1.165, 1.54) is 10.8 Å². The molecule has 1 fully saturated rings. The molecule has 10 heteroatoms. The van der Waals surface area contributed by atoms with Gasteiger partial charge in [0, 0.05) is 12.6 Å². The number of aromatic nitrogens is 2. The smallest absolute Gasteiger partial charge is 0.330 e. The molecule has 0 bridgehead atoms. The van der Waals surface area contributed by atoms with Crippen LogP contribution in [0.1, 0.15) is 34.9 Å². The summed E-state index contributed by atoms with van der Waals surface area (Å²) < 4.78 is 25.3. The number of hydrogen-bond donors (Lipinski definition) is 2. The number of hydrogen-bond acceptors (Lipinski definition) is 7. The van der Waals surface area contributed by atoms with Gasteiger partial charge in [0.05, 0.1) is 32.5 Å². The van der Waals surface area contributed by atoms with Crippen LogP contribution in [0.3, 0.4) is 0 Å². The number of rotatable bonds is 10. The van der Waals surface area contributed by atoms with E-state index >= 15 is 0 Å². The quantitative estimate of drug-likeness (QED) is 0.139. The molecule has 4 aromatic rings. The van der Waals surface area contributed by atoms with Crippen LogP contribution >= 0.6 is 0 Å². The molecular formula is C37H40N2O7Si. The van der Waals surface area contributed by atoms with E-state index in [1.54, 1.807) is 26.4 Å². The van der Waals surface area contributed by atoms with Crippen molar-refractivity contribution in [1.29, 1.82) is 0 Å². The third kappa shape index (κ3) is 7.67. The van der Waals surface area contributed by atoms with Gasteiger partial charge in [-0.2, -0.15) is 0 Å².